The first kappa shape index (κ1) is 11.4. The van der Waals surface area contributed by atoms with Crippen molar-refractivity contribution in [3.63, 3.8) is 0 Å². The highest BCUT2D eigenvalue weighted by Crippen LogP contribution is 2.28. The monoisotopic (exact) mass is 226 g/mol. The van der Waals surface area contributed by atoms with Crippen LogP contribution in [0.4, 0.5) is 0 Å². The van der Waals surface area contributed by atoms with E-state index in [0.29, 0.717) is 16.5 Å². The quantitative estimate of drug-likeness (QED) is 0.650. The Morgan fingerprint density at radius 1 is 1.21 bits per heavy atom. The smallest absolute Gasteiger partial charge is 0.0626 e. The molecular formula is C12H12Cl2. The van der Waals surface area contributed by atoms with Crippen LogP contribution in [-0.2, 0) is 0 Å². The van der Waals surface area contributed by atoms with Crippen LogP contribution in [0.25, 0.3) is 5.03 Å². The summed E-state index contributed by atoms with van der Waals surface area (Å²) >= 11 is 12.2. The SMILES string of the molecule is C=C(C)C/C(Cl)=C(/Cl)c1ccccc1. The van der Waals surface area contributed by atoms with Crippen LogP contribution in [0.1, 0.15) is 18.9 Å². The molecule has 2 heteroatoms. The summed E-state index contributed by atoms with van der Waals surface area (Å²) < 4.78 is 0. The van der Waals surface area contributed by atoms with Crippen LogP contribution in [0.5, 0.6) is 0 Å². The maximum atomic E-state index is 6.11. The van der Waals surface area contributed by atoms with Crippen LogP contribution in [0, 0.1) is 0 Å². The number of rotatable bonds is 3. The molecule has 0 radical (unpaired) electrons. The molecule has 0 heterocycles. The van der Waals surface area contributed by atoms with Crippen molar-refractivity contribution in [1.29, 1.82) is 0 Å². The van der Waals surface area contributed by atoms with Crippen molar-refractivity contribution in [2.24, 2.45) is 0 Å². The second-order valence-corrected chi connectivity index (χ2v) is 4.05. The molecule has 74 valence electrons. The van der Waals surface area contributed by atoms with Crippen LogP contribution in [0.15, 0.2) is 47.5 Å². The molecule has 1 aromatic carbocycles. The van der Waals surface area contributed by atoms with Gasteiger partial charge in [-0.15, -0.1) is 0 Å². The lowest BCUT2D eigenvalue weighted by Crippen LogP contribution is -1.82. The van der Waals surface area contributed by atoms with Gasteiger partial charge >= 0.3 is 0 Å². The molecule has 0 aromatic heterocycles. The molecule has 0 atom stereocenters. The number of halogens is 2. The van der Waals surface area contributed by atoms with E-state index in [9.17, 15) is 0 Å². The number of allylic oxidation sites excluding steroid dienone is 2. The van der Waals surface area contributed by atoms with Crippen LogP contribution in [0.3, 0.4) is 0 Å². The van der Waals surface area contributed by atoms with Gasteiger partial charge in [0.2, 0.25) is 0 Å². The van der Waals surface area contributed by atoms with Crippen LogP contribution in [-0.4, -0.2) is 0 Å². The number of hydrogen-bond acceptors (Lipinski definition) is 0. The lowest BCUT2D eigenvalue weighted by atomic mass is 10.1. The third-order valence-electron chi connectivity index (χ3n) is 1.72. The van der Waals surface area contributed by atoms with Gasteiger partial charge in [0.15, 0.2) is 0 Å². The van der Waals surface area contributed by atoms with Gasteiger partial charge < -0.3 is 0 Å². The molecule has 0 nitrogen and oxygen atoms in total. The lowest BCUT2D eigenvalue weighted by molar-refractivity contribution is 1.21. The Kier molecular flexibility index (Phi) is 4.24. The van der Waals surface area contributed by atoms with Gasteiger partial charge in [-0.25, -0.2) is 0 Å². The molecule has 0 aliphatic carbocycles. The molecule has 0 amide bonds. The summed E-state index contributed by atoms with van der Waals surface area (Å²) in [6.07, 6.45) is 0.634. The zero-order valence-electron chi connectivity index (χ0n) is 8.06. The predicted octanol–water partition coefficient (Wildman–Crippen LogP) is 4.80. The first-order valence-electron chi connectivity index (χ1n) is 4.35. The van der Waals surface area contributed by atoms with Crippen molar-refractivity contribution < 1.29 is 0 Å². The molecule has 0 aliphatic heterocycles. The predicted molar refractivity (Wildman–Crippen MR) is 64.5 cm³/mol. The molecule has 0 bridgehead atoms. The van der Waals surface area contributed by atoms with Gasteiger partial charge in [-0.2, -0.15) is 0 Å². The Morgan fingerprint density at radius 2 is 1.79 bits per heavy atom. The number of benzene rings is 1. The van der Waals surface area contributed by atoms with Crippen molar-refractivity contribution in [2.75, 3.05) is 0 Å². The average molecular weight is 227 g/mol. The topological polar surface area (TPSA) is 0 Å². The van der Waals surface area contributed by atoms with Gasteiger partial charge in [-0.3, -0.25) is 0 Å². The fraction of sp³-hybridized carbons (Fsp3) is 0.167. The second kappa shape index (κ2) is 5.23. The van der Waals surface area contributed by atoms with E-state index in [1.54, 1.807) is 0 Å². The average Bonchev–Trinajstić information content (AvgIpc) is 2.17. The highest BCUT2D eigenvalue weighted by atomic mass is 35.5. The standard InChI is InChI=1S/C12H12Cl2/c1-9(2)8-11(13)12(14)10-6-4-3-5-7-10/h3-7H,1,8H2,2H3/b12-11-. The van der Waals surface area contributed by atoms with Gasteiger partial charge in [0.1, 0.15) is 0 Å². The fourth-order valence-electron chi connectivity index (χ4n) is 1.08. The first-order chi connectivity index (χ1) is 6.61. The van der Waals surface area contributed by atoms with Crippen LogP contribution >= 0.6 is 23.2 Å². The molecule has 0 N–H and O–H groups in total. The maximum Gasteiger partial charge on any atom is 0.0626 e. The Labute approximate surface area is 94.8 Å². The Balaban J connectivity index is 2.93. The van der Waals surface area contributed by atoms with Crippen LogP contribution < -0.4 is 0 Å². The van der Waals surface area contributed by atoms with E-state index >= 15 is 0 Å². The van der Waals surface area contributed by atoms with Crippen molar-refractivity contribution in [2.45, 2.75) is 13.3 Å². The van der Waals surface area contributed by atoms with E-state index in [-0.39, 0.29) is 0 Å². The van der Waals surface area contributed by atoms with Gasteiger partial charge in [0, 0.05) is 11.5 Å². The molecule has 0 aliphatic rings. The van der Waals surface area contributed by atoms with Gasteiger partial charge in [0.05, 0.1) is 5.03 Å². The third kappa shape index (κ3) is 3.21. The van der Waals surface area contributed by atoms with Gasteiger partial charge in [-0.1, -0.05) is 65.7 Å². The van der Waals surface area contributed by atoms with Crippen molar-refractivity contribution in [3.8, 4) is 0 Å². The summed E-state index contributed by atoms with van der Waals surface area (Å²) in [5.74, 6) is 0. The van der Waals surface area contributed by atoms with E-state index in [2.05, 4.69) is 6.58 Å². The largest absolute Gasteiger partial charge is 0.0998 e. The number of hydrogen-bond donors (Lipinski definition) is 0. The minimum Gasteiger partial charge on any atom is -0.0998 e. The summed E-state index contributed by atoms with van der Waals surface area (Å²) in [7, 11) is 0. The Morgan fingerprint density at radius 3 is 2.29 bits per heavy atom. The zero-order valence-corrected chi connectivity index (χ0v) is 9.57. The summed E-state index contributed by atoms with van der Waals surface area (Å²) in [4.78, 5) is 0. The molecule has 0 saturated carbocycles. The summed E-state index contributed by atoms with van der Waals surface area (Å²) in [5, 5.41) is 1.25. The Bertz CT molecular complexity index is 350. The molecule has 0 spiro atoms. The van der Waals surface area contributed by atoms with E-state index in [4.69, 9.17) is 23.2 Å². The van der Waals surface area contributed by atoms with Crippen molar-refractivity contribution >= 4 is 28.2 Å². The highest BCUT2D eigenvalue weighted by molar-refractivity contribution is 6.54. The maximum absolute atomic E-state index is 6.11. The molecule has 14 heavy (non-hydrogen) atoms. The van der Waals surface area contributed by atoms with Crippen molar-refractivity contribution in [1.82, 2.24) is 0 Å². The minimum atomic E-state index is 0.607. The van der Waals surface area contributed by atoms with E-state index in [1.807, 2.05) is 37.3 Å². The molecule has 1 aromatic rings. The normalized spacial score (nSPS) is 12.2. The lowest BCUT2D eigenvalue weighted by Gasteiger charge is -2.03. The van der Waals surface area contributed by atoms with Gasteiger partial charge in [0.25, 0.3) is 0 Å². The van der Waals surface area contributed by atoms with E-state index in [0.717, 1.165) is 11.1 Å². The molecule has 0 unspecified atom stereocenters. The van der Waals surface area contributed by atoms with Crippen molar-refractivity contribution in [3.05, 3.63) is 53.1 Å². The van der Waals surface area contributed by atoms with E-state index in [1.165, 1.54) is 0 Å². The molecule has 0 saturated heterocycles. The fourth-order valence-corrected chi connectivity index (χ4v) is 1.61. The third-order valence-corrected chi connectivity index (χ3v) is 2.59. The minimum absolute atomic E-state index is 0.607. The second-order valence-electron chi connectivity index (χ2n) is 3.22. The zero-order chi connectivity index (χ0) is 10.6. The molecule has 0 fully saturated rings. The summed E-state index contributed by atoms with van der Waals surface area (Å²) in [6.45, 7) is 5.72. The highest BCUT2D eigenvalue weighted by Gasteiger charge is 2.04. The van der Waals surface area contributed by atoms with Gasteiger partial charge in [-0.05, 0) is 12.5 Å². The molecular weight excluding hydrogens is 215 g/mol. The summed E-state index contributed by atoms with van der Waals surface area (Å²) in [5.41, 5.74) is 1.95. The van der Waals surface area contributed by atoms with Crippen LogP contribution in [0.2, 0.25) is 0 Å². The first-order valence-corrected chi connectivity index (χ1v) is 5.11. The van der Waals surface area contributed by atoms with E-state index < -0.39 is 0 Å². The molecule has 1 rings (SSSR count). The Hall–Kier alpha value is -0.720. The summed E-state index contributed by atoms with van der Waals surface area (Å²) in [6, 6.07) is 9.68.